The molecule has 1 aliphatic carbocycles. The molecular formula is C9H12Cl2N4. The smallest absolute Gasteiger partial charge is 0.245 e. The average Bonchev–Trinajstić information content (AvgIpc) is 3.03. The Morgan fingerprint density at radius 2 is 2.13 bits per heavy atom. The zero-order chi connectivity index (χ0) is 10.8. The van der Waals surface area contributed by atoms with Crippen LogP contribution in [0.2, 0.25) is 10.4 Å². The first kappa shape index (κ1) is 10.9. The number of nitrogens with one attached hydrogen (secondary N) is 1. The fourth-order valence-corrected chi connectivity index (χ4v) is 1.87. The van der Waals surface area contributed by atoms with Gasteiger partial charge >= 0.3 is 0 Å². The molecule has 15 heavy (non-hydrogen) atoms. The topological polar surface area (TPSA) is 50.7 Å². The monoisotopic (exact) mass is 246 g/mol. The summed E-state index contributed by atoms with van der Waals surface area (Å²) in [5.74, 6) is 1.27. The maximum absolute atomic E-state index is 5.87. The lowest BCUT2D eigenvalue weighted by Gasteiger charge is -2.16. The van der Waals surface area contributed by atoms with Gasteiger partial charge in [-0.3, -0.25) is 0 Å². The average molecular weight is 247 g/mol. The van der Waals surface area contributed by atoms with Gasteiger partial charge in [-0.2, -0.15) is 4.98 Å². The molecule has 0 saturated heterocycles. The molecule has 1 aromatic rings. The Labute approximate surface area is 98.4 Å². The van der Waals surface area contributed by atoms with Gasteiger partial charge in [0, 0.05) is 6.04 Å². The van der Waals surface area contributed by atoms with Crippen molar-refractivity contribution in [2.75, 3.05) is 5.32 Å². The number of aromatic nitrogens is 3. The normalized spacial score (nSPS) is 17.5. The first-order valence-electron chi connectivity index (χ1n) is 5.03. The molecule has 0 radical (unpaired) electrons. The molecule has 1 fully saturated rings. The molecule has 4 nitrogen and oxygen atoms in total. The van der Waals surface area contributed by atoms with Crippen molar-refractivity contribution in [3.63, 3.8) is 0 Å². The van der Waals surface area contributed by atoms with E-state index in [-0.39, 0.29) is 10.4 Å². The second kappa shape index (κ2) is 4.49. The van der Waals surface area contributed by atoms with E-state index in [9.17, 15) is 0 Å². The lowest BCUT2D eigenvalue weighted by molar-refractivity contribution is 0.613. The van der Waals surface area contributed by atoms with Crippen molar-refractivity contribution in [3.8, 4) is 0 Å². The molecule has 1 aliphatic rings. The highest BCUT2D eigenvalue weighted by Gasteiger charge is 2.30. The van der Waals surface area contributed by atoms with E-state index < -0.39 is 0 Å². The molecule has 0 spiro atoms. The van der Waals surface area contributed by atoms with E-state index in [0.717, 1.165) is 12.3 Å². The van der Waals surface area contributed by atoms with Crippen LogP contribution in [0.4, 0.5) is 5.82 Å². The molecule has 1 saturated carbocycles. The van der Waals surface area contributed by atoms with Crippen molar-refractivity contribution >= 4 is 29.0 Å². The summed E-state index contributed by atoms with van der Waals surface area (Å²) >= 11 is 11.5. The Balaban J connectivity index is 2.11. The Hall–Kier alpha value is -0.610. The highest BCUT2D eigenvalue weighted by molar-refractivity contribution is 6.32. The fourth-order valence-electron chi connectivity index (χ4n) is 1.61. The lowest BCUT2D eigenvalue weighted by Crippen LogP contribution is -2.22. The van der Waals surface area contributed by atoms with Crippen LogP contribution in [0.25, 0.3) is 0 Å². The van der Waals surface area contributed by atoms with Gasteiger partial charge in [0.25, 0.3) is 0 Å². The zero-order valence-electron chi connectivity index (χ0n) is 8.37. The summed E-state index contributed by atoms with van der Waals surface area (Å²) in [6.45, 7) is 2.14. The van der Waals surface area contributed by atoms with Crippen LogP contribution in [-0.2, 0) is 0 Å². The van der Waals surface area contributed by atoms with E-state index >= 15 is 0 Å². The molecule has 0 aromatic carbocycles. The Bertz CT molecular complexity index is 354. The Morgan fingerprint density at radius 1 is 1.40 bits per heavy atom. The minimum Gasteiger partial charge on any atom is -0.364 e. The van der Waals surface area contributed by atoms with E-state index in [4.69, 9.17) is 23.2 Å². The number of hydrogen-bond donors (Lipinski definition) is 1. The van der Waals surface area contributed by atoms with Crippen molar-refractivity contribution in [2.45, 2.75) is 32.2 Å². The summed E-state index contributed by atoms with van der Waals surface area (Å²) in [6, 6.07) is 0.412. The van der Waals surface area contributed by atoms with Crippen LogP contribution in [0.3, 0.4) is 0 Å². The van der Waals surface area contributed by atoms with Crippen LogP contribution in [0.1, 0.15) is 26.2 Å². The second-order valence-electron chi connectivity index (χ2n) is 3.72. The molecule has 1 aromatic heterocycles. The van der Waals surface area contributed by atoms with Gasteiger partial charge in [-0.1, -0.05) is 18.5 Å². The quantitative estimate of drug-likeness (QED) is 0.888. The largest absolute Gasteiger partial charge is 0.364 e. The Morgan fingerprint density at radius 3 is 2.73 bits per heavy atom. The van der Waals surface area contributed by atoms with Gasteiger partial charge in [-0.15, -0.1) is 10.2 Å². The molecule has 1 heterocycles. The van der Waals surface area contributed by atoms with E-state index in [0.29, 0.717) is 11.9 Å². The summed E-state index contributed by atoms with van der Waals surface area (Å²) < 4.78 is 0. The number of anilines is 1. The van der Waals surface area contributed by atoms with Crippen LogP contribution in [0, 0.1) is 5.92 Å². The van der Waals surface area contributed by atoms with Crippen molar-refractivity contribution in [1.82, 2.24) is 15.2 Å². The highest BCUT2D eigenvalue weighted by atomic mass is 35.5. The van der Waals surface area contributed by atoms with Gasteiger partial charge in [0.2, 0.25) is 5.28 Å². The summed E-state index contributed by atoms with van der Waals surface area (Å²) in [7, 11) is 0. The maximum Gasteiger partial charge on any atom is 0.245 e. The van der Waals surface area contributed by atoms with E-state index in [1.165, 1.54) is 12.8 Å². The predicted octanol–water partition coefficient (Wildman–Crippen LogP) is 2.78. The number of nitrogens with zero attached hydrogens (tertiary/aromatic N) is 3. The predicted molar refractivity (Wildman–Crippen MR) is 60.3 cm³/mol. The third-order valence-corrected chi connectivity index (χ3v) is 2.99. The third-order valence-electron chi connectivity index (χ3n) is 2.57. The molecule has 0 bridgehead atoms. The maximum atomic E-state index is 5.87. The summed E-state index contributed by atoms with van der Waals surface area (Å²) in [6.07, 6.45) is 3.59. The minimum atomic E-state index is 0.118. The Kier molecular flexibility index (Phi) is 3.26. The molecule has 1 unspecified atom stereocenters. The van der Waals surface area contributed by atoms with Crippen molar-refractivity contribution < 1.29 is 0 Å². The standard InChI is InChI=1S/C9H12Cl2N4/c1-2-6(5-3-4-5)12-8-7(10)14-15-9(11)13-8/h5-6H,2-4H2,1H3,(H,12,13,15). The first-order chi connectivity index (χ1) is 7.20. The van der Waals surface area contributed by atoms with Gasteiger partial charge in [-0.05, 0) is 36.8 Å². The molecule has 2 rings (SSSR count). The minimum absolute atomic E-state index is 0.118. The number of hydrogen-bond acceptors (Lipinski definition) is 4. The van der Waals surface area contributed by atoms with Gasteiger partial charge in [0.15, 0.2) is 11.0 Å². The summed E-state index contributed by atoms with van der Waals surface area (Å²) in [5.41, 5.74) is 0. The first-order valence-corrected chi connectivity index (χ1v) is 5.78. The van der Waals surface area contributed by atoms with E-state index in [1.54, 1.807) is 0 Å². The van der Waals surface area contributed by atoms with Crippen molar-refractivity contribution in [3.05, 3.63) is 10.4 Å². The fraction of sp³-hybridized carbons (Fsp3) is 0.667. The van der Waals surface area contributed by atoms with Gasteiger partial charge in [0.1, 0.15) is 0 Å². The third kappa shape index (κ3) is 2.69. The molecule has 0 amide bonds. The van der Waals surface area contributed by atoms with Crippen LogP contribution in [-0.4, -0.2) is 21.2 Å². The van der Waals surface area contributed by atoms with Gasteiger partial charge in [0.05, 0.1) is 0 Å². The SMILES string of the molecule is CCC(Nc1nc(Cl)nnc1Cl)C1CC1. The molecule has 1 N–H and O–H groups in total. The van der Waals surface area contributed by atoms with Gasteiger partial charge in [-0.25, -0.2) is 0 Å². The molecule has 1 atom stereocenters. The molecule has 0 aliphatic heterocycles. The lowest BCUT2D eigenvalue weighted by atomic mass is 10.1. The van der Waals surface area contributed by atoms with Gasteiger partial charge < -0.3 is 5.32 Å². The van der Waals surface area contributed by atoms with Crippen LogP contribution in [0.5, 0.6) is 0 Å². The van der Waals surface area contributed by atoms with Crippen LogP contribution < -0.4 is 5.32 Å². The number of halogens is 2. The van der Waals surface area contributed by atoms with Crippen LogP contribution in [0.15, 0.2) is 0 Å². The highest BCUT2D eigenvalue weighted by Crippen LogP contribution is 2.36. The van der Waals surface area contributed by atoms with Crippen LogP contribution >= 0.6 is 23.2 Å². The second-order valence-corrected chi connectivity index (χ2v) is 4.41. The van der Waals surface area contributed by atoms with Crippen molar-refractivity contribution in [1.29, 1.82) is 0 Å². The van der Waals surface area contributed by atoms with E-state index in [2.05, 4.69) is 27.4 Å². The molecule has 82 valence electrons. The number of rotatable bonds is 4. The zero-order valence-corrected chi connectivity index (χ0v) is 9.89. The molecular weight excluding hydrogens is 235 g/mol. The van der Waals surface area contributed by atoms with Crippen molar-refractivity contribution in [2.24, 2.45) is 5.92 Å². The summed E-state index contributed by atoms with van der Waals surface area (Å²) in [4.78, 5) is 4.02. The van der Waals surface area contributed by atoms with E-state index in [1.807, 2.05) is 0 Å². The summed E-state index contributed by atoms with van der Waals surface area (Å²) in [5, 5.41) is 10.9. The molecule has 6 heteroatoms.